The lowest BCUT2D eigenvalue weighted by Gasteiger charge is -2.02. The summed E-state index contributed by atoms with van der Waals surface area (Å²) in [5.74, 6) is -0.705. The van der Waals surface area contributed by atoms with Crippen LogP contribution in [0.1, 0.15) is 10.6 Å². The summed E-state index contributed by atoms with van der Waals surface area (Å²) >= 11 is 1.19. The van der Waals surface area contributed by atoms with Gasteiger partial charge in [-0.15, -0.1) is 11.3 Å². The highest BCUT2D eigenvalue weighted by molar-refractivity contribution is 7.14. The maximum absolute atomic E-state index is 12.4. The van der Waals surface area contributed by atoms with Crippen molar-refractivity contribution in [2.45, 2.75) is 0 Å². The molecule has 0 bridgehead atoms. The van der Waals surface area contributed by atoms with Crippen LogP contribution < -0.4 is 10.7 Å². The van der Waals surface area contributed by atoms with E-state index in [1.807, 2.05) is 0 Å². The van der Waals surface area contributed by atoms with Gasteiger partial charge in [-0.1, -0.05) is 12.1 Å². The Hall–Kier alpha value is -3.85. The molecule has 0 saturated carbocycles. The van der Waals surface area contributed by atoms with Crippen LogP contribution in [-0.4, -0.2) is 15.8 Å². The lowest BCUT2D eigenvalue weighted by atomic mass is 10.1. The van der Waals surface area contributed by atoms with Gasteiger partial charge in [-0.05, 0) is 24.3 Å². The van der Waals surface area contributed by atoms with Crippen LogP contribution in [0.25, 0.3) is 22.2 Å². The fraction of sp³-hybridized carbons (Fsp3) is 0. The molecular formula is C19H11N3O5S. The van der Waals surface area contributed by atoms with E-state index < -0.39 is 10.8 Å². The molecule has 2 aromatic heterocycles. The van der Waals surface area contributed by atoms with Gasteiger partial charge in [0.2, 0.25) is 0 Å². The van der Waals surface area contributed by atoms with Crippen LogP contribution in [0.4, 0.5) is 10.8 Å². The van der Waals surface area contributed by atoms with Crippen LogP contribution in [0.5, 0.6) is 0 Å². The number of nitro groups is 1. The molecule has 28 heavy (non-hydrogen) atoms. The zero-order valence-electron chi connectivity index (χ0n) is 14.1. The lowest BCUT2D eigenvalue weighted by molar-refractivity contribution is -0.384. The van der Waals surface area contributed by atoms with Crippen LogP contribution in [-0.2, 0) is 0 Å². The average molecular weight is 393 g/mol. The molecule has 4 aromatic rings. The SMILES string of the molecule is O=C(Nc1nc(-c2ccc([N+](=O)[O-])cc2)cs1)c1cc(=O)c2ccccc2o1. The van der Waals surface area contributed by atoms with Gasteiger partial charge in [0.05, 0.1) is 16.0 Å². The smallest absolute Gasteiger partial charge is 0.293 e. The van der Waals surface area contributed by atoms with E-state index in [0.29, 0.717) is 27.4 Å². The van der Waals surface area contributed by atoms with Crippen molar-refractivity contribution in [3.8, 4) is 11.3 Å². The van der Waals surface area contributed by atoms with Gasteiger partial charge >= 0.3 is 0 Å². The molecule has 0 aliphatic heterocycles. The molecule has 0 spiro atoms. The number of thiazole rings is 1. The third-order valence-electron chi connectivity index (χ3n) is 3.96. The summed E-state index contributed by atoms with van der Waals surface area (Å²) in [5.41, 5.74) is 1.25. The molecule has 9 heteroatoms. The Morgan fingerprint density at radius 1 is 1.14 bits per heavy atom. The summed E-state index contributed by atoms with van der Waals surface area (Å²) < 4.78 is 5.50. The number of hydrogen-bond donors (Lipinski definition) is 1. The van der Waals surface area contributed by atoms with Gasteiger partial charge in [0, 0.05) is 29.1 Å². The molecule has 8 nitrogen and oxygen atoms in total. The van der Waals surface area contributed by atoms with Crippen molar-refractivity contribution in [3.63, 3.8) is 0 Å². The summed E-state index contributed by atoms with van der Waals surface area (Å²) in [4.78, 5) is 39.1. The van der Waals surface area contributed by atoms with Crippen molar-refractivity contribution in [1.29, 1.82) is 0 Å². The summed E-state index contributed by atoms with van der Waals surface area (Å²) in [6.45, 7) is 0. The fourth-order valence-electron chi connectivity index (χ4n) is 2.59. The second-order valence-electron chi connectivity index (χ2n) is 5.77. The largest absolute Gasteiger partial charge is 0.451 e. The number of para-hydroxylation sites is 1. The van der Waals surface area contributed by atoms with Crippen LogP contribution in [0.3, 0.4) is 0 Å². The van der Waals surface area contributed by atoms with Gasteiger partial charge in [-0.3, -0.25) is 25.0 Å². The zero-order valence-corrected chi connectivity index (χ0v) is 14.9. The van der Waals surface area contributed by atoms with E-state index in [4.69, 9.17) is 4.42 Å². The van der Waals surface area contributed by atoms with Crippen molar-refractivity contribution < 1.29 is 14.1 Å². The molecule has 0 radical (unpaired) electrons. The minimum Gasteiger partial charge on any atom is -0.451 e. The first-order chi connectivity index (χ1) is 13.5. The van der Waals surface area contributed by atoms with Gasteiger partial charge in [-0.25, -0.2) is 4.98 Å². The standard InChI is InChI=1S/C19H11N3O5S/c23-15-9-17(27-16-4-2-1-3-13(15)16)18(24)21-19-20-14(10-28-19)11-5-7-12(8-6-11)22(25)26/h1-10H,(H,20,21,24). The first kappa shape index (κ1) is 17.6. The van der Waals surface area contributed by atoms with Crippen LogP contribution in [0, 0.1) is 10.1 Å². The van der Waals surface area contributed by atoms with E-state index in [1.165, 1.54) is 23.5 Å². The molecule has 0 atom stereocenters. The number of carbonyl (C=O) groups excluding carboxylic acids is 1. The van der Waals surface area contributed by atoms with Gasteiger partial charge in [0.25, 0.3) is 11.6 Å². The molecule has 2 heterocycles. The van der Waals surface area contributed by atoms with E-state index in [1.54, 1.807) is 41.8 Å². The number of carbonyl (C=O) groups is 1. The predicted molar refractivity (Wildman–Crippen MR) is 105 cm³/mol. The van der Waals surface area contributed by atoms with Crippen molar-refractivity contribution in [1.82, 2.24) is 4.98 Å². The number of fused-ring (bicyclic) bond motifs is 1. The average Bonchev–Trinajstić information content (AvgIpc) is 3.16. The van der Waals surface area contributed by atoms with E-state index in [-0.39, 0.29) is 16.9 Å². The summed E-state index contributed by atoms with van der Waals surface area (Å²) in [7, 11) is 0. The van der Waals surface area contributed by atoms with Gasteiger partial charge in [0.15, 0.2) is 16.3 Å². The molecule has 4 rings (SSSR count). The number of nitrogens with one attached hydrogen (secondary N) is 1. The second-order valence-corrected chi connectivity index (χ2v) is 6.63. The molecule has 138 valence electrons. The highest BCUT2D eigenvalue weighted by Gasteiger charge is 2.15. The lowest BCUT2D eigenvalue weighted by Crippen LogP contribution is -2.14. The number of benzene rings is 2. The Kier molecular flexibility index (Phi) is 4.42. The second kappa shape index (κ2) is 7.05. The Labute approximate surface area is 161 Å². The molecule has 0 fully saturated rings. The highest BCUT2D eigenvalue weighted by atomic mass is 32.1. The Balaban J connectivity index is 1.56. The zero-order chi connectivity index (χ0) is 19.7. The monoisotopic (exact) mass is 393 g/mol. The Bertz CT molecular complexity index is 1260. The summed E-state index contributed by atoms with van der Waals surface area (Å²) in [6, 6.07) is 13.8. The topological polar surface area (TPSA) is 115 Å². The molecular weight excluding hydrogens is 382 g/mol. The number of amides is 1. The van der Waals surface area contributed by atoms with Gasteiger partial charge in [0.1, 0.15) is 5.58 Å². The number of non-ortho nitro benzene ring substituents is 1. The minimum absolute atomic E-state index is 0.0150. The molecule has 0 aliphatic carbocycles. The number of nitrogens with zero attached hydrogens (tertiary/aromatic N) is 2. The third kappa shape index (κ3) is 3.38. The van der Waals surface area contributed by atoms with E-state index in [9.17, 15) is 19.7 Å². The number of anilines is 1. The number of aromatic nitrogens is 1. The third-order valence-corrected chi connectivity index (χ3v) is 4.71. The summed E-state index contributed by atoms with van der Waals surface area (Å²) in [5, 5.41) is 15.8. The number of rotatable bonds is 4. The van der Waals surface area contributed by atoms with Crippen molar-refractivity contribution in [2.24, 2.45) is 0 Å². The van der Waals surface area contributed by atoms with Crippen molar-refractivity contribution in [3.05, 3.63) is 86.1 Å². The molecule has 0 saturated heterocycles. The Morgan fingerprint density at radius 2 is 1.89 bits per heavy atom. The predicted octanol–water partition coefficient (Wildman–Crippen LogP) is 4.08. The molecule has 1 amide bonds. The quantitative estimate of drug-likeness (QED) is 0.413. The fourth-order valence-corrected chi connectivity index (χ4v) is 3.31. The van der Waals surface area contributed by atoms with E-state index in [2.05, 4.69) is 10.3 Å². The molecule has 0 unspecified atom stereocenters. The van der Waals surface area contributed by atoms with Crippen LogP contribution in [0.15, 0.2) is 69.2 Å². The van der Waals surface area contributed by atoms with Crippen molar-refractivity contribution in [2.75, 3.05) is 5.32 Å². The summed E-state index contributed by atoms with van der Waals surface area (Å²) in [6.07, 6.45) is 0. The van der Waals surface area contributed by atoms with E-state index >= 15 is 0 Å². The molecule has 1 N–H and O–H groups in total. The Morgan fingerprint density at radius 3 is 2.64 bits per heavy atom. The maximum atomic E-state index is 12.4. The molecule has 2 aromatic carbocycles. The minimum atomic E-state index is -0.590. The number of nitro benzene ring substituents is 1. The maximum Gasteiger partial charge on any atom is 0.293 e. The van der Waals surface area contributed by atoms with Crippen LogP contribution in [0.2, 0.25) is 0 Å². The van der Waals surface area contributed by atoms with Gasteiger partial charge < -0.3 is 4.42 Å². The van der Waals surface area contributed by atoms with Gasteiger partial charge in [-0.2, -0.15) is 0 Å². The normalized spacial score (nSPS) is 10.7. The first-order valence-electron chi connectivity index (χ1n) is 8.06. The van der Waals surface area contributed by atoms with E-state index in [0.717, 1.165) is 6.07 Å². The van der Waals surface area contributed by atoms with Crippen molar-refractivity contribution >= 4 is 39.0 Å². The highest BCUT2D eigenvalue weighted by Crippen LogP contribution is 2.26. The van der Waals surface area contributed by atoms with Crippen LogP contribution >= 0.6 is 11.3 Å². The molecule has 0 aliphatic rings. The first-order valence-corrected chi connectivity index (χ1v) is 8.94. The number of hydrogen-bond acceptors (Lipinski definition) is 7.